The minimum atomic E-state index is -1.24. The van der Waals surface area contributed by atoms with Gasteiger partial charge in [-0.1, -0.05) is 6.07 Å². The van der Waals surface area contributed by atoms with Crippen molar-refractivity contribution in [1.82, 2.24) is 5.32 Å². The van der Waals surface area contributed by atoms with Gasteiger partial charge in [0, 0.05) is 12.1 Å². The second kappa shape index (κ2) is 8.72. The zero-order valence-electron chi connectivity index (χ0n) is 14.2. The molecule has 0 unspecified atom stereocenters. The van der Waals surface area contributed by atoms with Gasteiger partial charge in [-0.05, 0) is 37.0 Å². The fraction of sp³-hybridized carbons (Fsp3) is 0.294. The van der Waals surface area contributed by atoms with Gasteiger partial charge in [-0.3, -0.25) is 4.90 Å². The van der Waals surface area contributed by atoms with Crippen molar-refractivity contribution in [2.75, 3.05) is 18.6 Å². The Morgan fingerprint density at radius 3 is 2.50 bits per heavy atom. The van der Waals surface area contributed by atoms with Gasteiger partial charge in [0.15, 0.2) is 0 Å². The molecule has 0 saturated heterocycles. The molecular formula is C17H18F2N2O4S. The summed E-state index contributed by atoms with van der Waals surface area (Å²) in [7, 11) is 1.65. The Bertz CT molecular complexity index is 790. The van der Waals surface area contributed by atoms with Gasteiger partial charge in [0.2, 0.25) is 0 Å². The highest BCUT2D eigenvalue weighted by Gasteiger charge is 2.29. The van der Waals surface area contributed by atoms with E-state index in [4.69, 9.17) is 4.74 Å². The molecule has 0 saturated carbocycles. The first-order valence-electron chi connectivity index (χ1n) is 7.76. The average molecular weight is 384 g/mol. The molecule has 1 amide bonds. The van der Waals surface area contributed by atoms with Crippen LogP contribution in [0.5, 0.6) is 0 Å². The van der Waals surface area contributed by atoms with E-state index in [1.165, 1.54) is 6.07 Å². The van der Waals surface area contributed by atoms with Crippen molar-refractivity contribution < 1.29 is 28.2 Å². The van der Waals surface area contributed by atoms with E-state index in [2.05, 4.69) is 5.32 Å². The summed E-state index contributed by atoms with van der Waals surface area (Å²) < 4.78 is 33.0. The van der Waals surface area contributed by atoms with E-state index in [1.54, 1.807) is 19.4 Å². The van der Waals surface area contributed by atoms with Crippen molar-refractivity contribution in [3.05, 3.63) is 51.9 Å². The zero-order valence-corrected chi connectivity index (χ0v) is 15.0. The van der Waals surface area contributed by atoms with Crippen LogP contribution in [0.1, 0.15) is 28.4 Å². The van der Waals surface area contributed by atoms with Crippen molar-refractivity contribution in [3.63, 3.8) is 0 Å². The van der Waals surface area contributed by atoms with Crippen LogP contribution in [0.2, 0.25) is 0 Å². The van der Waals surface area contributed by atoms with E-state index >= 15 is 0 Å². The van der Waals surface area contributed by atoms with Gasteiger partial charge in [0.05, 0.1) is 18.7 Å². The summed E-state index contributed by atoms with van der Waals surface area (Å²) in [4.78, 5) is 25.0. The highest BCUT2D eigenvalue weighted by Crippen LogP contribution is 2.34. The molecule has 0 atom stereocenters. The largest absolute Gasteiger partial charge is 0.478 e. The fourth-order valence-electron chi connectivity index (χ4n) is 2.39. The highest BCUT2D eigenvalue weighted by atomic mass is 32.1. The van der Waals surface area contributed by atoms with Crippen molar-refractivity contribution in [2.45, 2.75) is 20.0 Å². The normalized spacial score (nSPS) is 10.6. The summed E-state index contributed by atoms with van der Waals surface area (Å²) >= 11 is 0.997. The number of benzene rings is 1. The Kier molecular flexibility index (Phi) is 6.64. The number of carbonyl (C=O) groups excluding carboxylic acids is 1. The number of aromatic carboxylic acids is 1. The van der Waals surface area contributed by atoms with E-state index < -0.39 is 30.2 Å². The summed E-state index contributed by atoms with van der Waals surface area (Å²) in [5, 5.41) is 14.0. The van der Waals surface area contributed by atoms with E-state index in [0.29, 0.717) is 5.56 Å². The number of anilines is 1. The number of rotatable bonds is 7. The molecule has 2 aromatic rings. The van der Waals surface area contributed by atoms with Gasteiger partial charge in [0.1, 0.15) is 16.6 Å². The van der Waals surface area contributed by atoms with Crippen molar-refractivity contribution in [1.29, 1.82) is 0 Å². The number of ether oxygens (including phenoxy) is 1. The number of carboxylic acids is 1. The summed E-state index contributed by atoms with van der Waals surface area (Å²) in [5.41, 5.74) is 0.0120. The Morgan fingerprint density at radius 1 is 1.31 bits per heavy atom. The summed E-state index contributed by atoms with van der Waals surface area (Å²) in [6, 6.07) is 3.35. The van der Waals surface area contributed by atoms with E-state index in [0.717, 1.165) is 28.4 Å². The summed E-state index contributed by atoms with van der Waals surface area (Å²) in [5.74, 6) is -2.90. The number of amides is 1. The number of thiophene rings is 1. The number of nitrogens with one attached hydrogen (secondary N) is 1. The second-order valence-corrected chi connectivity index (χ2v) is 6.12. The number of hydrogen-bond donors (Lipinski definition) is 2. The average Bonchev–Trinajstić information content (AvgIpc) is 2.99. The third-order valence-electron chi connectivity index (χ3n) is 3.54. The Hall–Kier alpha value is -2.52. The standard InChI is InChI=1S/C17H18F2N2O4S/c1-3-25-17(24)21(8-11-12(18)5-4-6-13(11)19)15-14(16(22)23)10(7-20-2)9-26-15/h4-6,9,20H,3,7-8H2,1-2H3,(H,22,23). The van der Waals surface area contributed by atoms with E-state index in [9.17, 15) is 23.5 Å². The number of carboxylic acid groups (broad SMARTS) is 1. The Labute approximate surface area is 153 Å². The Balaban J connectivity index is 2.53. The molecule has 2 N–H and O–H groups in total. The smallest absolute Gasteiger partial charge is 0.415 e. The van der Waals surface area contributed by atoms with Gasteiger partial charge in [-0.15, -0.1) is 11.3 Å². The van der Waals surface area contributed by atoms with Crippen LogP contribution >= 0.6 is 11.3 Å². The maximum absolute atomic E-state index is 14.0. The van der Waals surface area contributed by atoms with Gasteiger partial charge < -0.3 is 15.2 Å². The number of carbonyl (C=O) groups is 2. The minimum absolute atomic E-state index is 0.0340. The van der Waals surface area contributed by atoms with Crippen LogP contribution in [0.25, 0.3) is 0 Å². The third kappa shape index (κ3) is 4.17. The lowest BCUT2D eigenvalue weighted by atomic mass is 10.1. The number of halogens is 2. The molecule has 1 aromatic carbocycles. The van der Waals surface area contributed by atoms with Crippen LogP contribution in [0, 0.1) is 11.6 Å². The lowest BCUT2D eigenvalue weighted by Crippen LogP contribution is -2.32. The van der Waals surface area contributed by atoms with E-state index in [-0.39, 0.29) is 29.3 Å². The van der Waals surface area contributed by atoms with Crippen LogP contribution in [0.3, 0.4) is 0 Å². The Morgan fingerprint density at radius 2 is 1.96 bits per heavy atom. The topological polar surface area (TPSA) is 78.9 Å². The molecular weight excluding hydrogens is 366 g/mol. The molecule has 1 aromatic heterocycles. The van der Waals surface area contributed by atoms with Crippen molar-refractivity contribution >= 4 is 28.4 Å². The van der Waals surface area contributed by atoms with Crippen LogP contribution < -0.4 is 10.2 Å². The van der Waals surface area contributed by atoms with Crippen molar-refractivity contribution in [3.8, 4) is 0 Å². The maximum atomic E-state index is 14.0. The fourth-order valence-corrected chi connectivity index (χ4v) is 3.45. The predicted octanol–water partition coefficient (Wildman–Crippen LogP) is 3.61. The first-order valence-corrected chi connectivity index (χ1v) is 8.64. The maximum Gasteiger partial charge on any atom is 0.415 e. The van der Waals surface area contributed by atoms with Gasteiger partial charge in [0.25, 0.3) is 0 Å². The molecule has 0 aliphatic carbocycles. The summed E-state index contributed by atoms with van der Waals surface area (Å²) in [6.45, 7) is 1.39. The summed E-state index contributed by atoms with van der Waals surface area (Å²) in [6.07, 6.45) is -0.879. The van der Waals surface area contributed by atoms with Crippen molar-refractivity contribution in [2.24, 2.45) is 0 Å². The van der Waals surface area contributed by atoms with Crippen LogP contribution in [-0.2, 0) is 17.8 Å². The van der Waals surface area contributed by atoms with Gasteiger partial charge in [-0.25, -0.2) is 18.4 Å². The molecule has 26 heavy (non-hydrogen) atoms. The molecule has 0 bridgehead atoms. The molecule has 6 nitrogen and oxygen atoms in total. The van der Waals surface area contributed by atoms with E-state index in [1.807, 2.05) is 0 Å². The van der Waals surface area contributed by atoms with Gasteiger partial charge >= 0.3 is 12.1 Å². The quantitative estimate of drug-likeness (QED) is 0.763. The lowest BCUT2D eigenvalue weighted by molar-refractivity contribution is 0.0697. The first kappa shape index (κ1) is 19.8. The molecule has 0 aliphatic heterocycles. The van der Waals surface area contributed by atoms with Crippen LogP contribution in [0.15, 0.2) is 23.6 Å². The molecule has 0 fully saturated rings. The molecule has 9 heteroatoms. The molecule has 140 valence electrons. The molecule has 0 spiro atoms. The highest BCUT2D eigenvalue weighted by molar-refractivity contribution is 7.15. The molecule has 1 heterocycles. The van der Waals surface area contributed by atoms with Crippen LogP contribution in [-0.4, -0.2) is 30.8 Å². The van der Waals surface area contributed by atoms with Crippen LogP contribution in [0.4, 0.5) is 18.6 Å². The second-order valence-electron chi connectivity index (χ2n) is 5.26. The lowest BCUT2D eigenvalue weighted by Gasteiger charge is -2.22. The monoisotopic (exact) mass is 384 g/mol. The predicted molar refractivity (Wildman–Crippen MR) is 93.6 cm³/mol. The first-order chi connectivity index (χ1) is 12.4. The minimum Gasteiger partial charge on any atom is -0.478 e. The van der Waals surface area contributed by atoms with Gasteiger partial charge in [-0.2, -0.15) is 0 Å². The number of nitrogens with zero attached hydrogens (tertiary/aromatic N) is 1. The molecule has 0 aliphatic rings. The zero-order chi connectivity index (χ0) is 19.3. The third-order valence-corrected chi connectivity index (χ3v) is 4.59. The SMILES string of the molecule is CCOC(=O)N(Cc1c(F)cccc1F)c1scc(CNC)c1C(=O)O. The number of hydrogen-bond acceptors (Lipinski definition) is 5. The molecule has 2 rings (SSSR count). The molecule has 0 radical (unpaired) electrons.